The van der Waals surface area contributed by atoms with Crippen molar-refractivity contribution in [2.45, 2.75) is 25.9 Å². The maximum atomic E-state index is 12.8. The van der Waals surface area contributed by atoms with Crippen LogP contribution in [0.1, 0.15) is 18.9 Å². The molecule has 3 rings (SSSR count). The van der Waals surface area contributed by atoms with E-state index in [4.69, 9.17) is 4.74 Å². The molecule has 7 nitrogen and oxygen atoms in total. The quantitative estimate of drug-likeness (QED) is 0.636. The highest BCUT2D eigenvalue weighted by Crippen LogP contribution is 2.29. The van der Waals surface area contributed by atoms with Crippen LogP contribution in [0.2, 0.25) is 0 Å². The topological polar surface area (TPSA) is 85.6 Å². The molecular formula is C17H17N3O4. The van der Waals surface area contributed by atoms with Gasteiger partial charge in [-0.05, 0) is 53.4 Å². The standard InChI is InChI=1S/C17H17N3O4/c1-12(24-15-9-4-10-18-16(15)20(22)23)17(21)19-11-5-7-13-6-2-3-8-14(13)19/h2-4,6,8-10,12H,5,7,11H2,1H3. The number of amides is 1. The Balaban J connectivity index is 1.81. The Kier molecular flexibility index (Phi) is 4.41. The number of anilines is 1. The average molecular weight is 327 g/mol. The summed E-state index contributed by atoms with van der Waals surface area (Å²) in [5, 5.41) is 11.0. The zero-order chi connectivity index (χ0) is 17.1. The van der Waals surface area contributed by atoms with Crippen LogP contribution in [0.5, 0.6) is 5.75 Å². The molecule has 1 aliphatic rings. The third-order valence-corrected chi connectivity index (χ3v) is 3.95. The lowest BCUT2D eigenvalue weighted by Crippen LogP contribution is -2.43. The molecule has 0 bridgehead atoms. The highest BCUT2D eigenvalue weighted by atomic mass is 16.6. The van der Waals surface area contributed by atoms with Gasteiger partial charge in [-0.25, -0.2) is 0 Å². The molecule has 1 amide bonds. The zero-order valence-corrected chi connectivity index (χ0v) is 13.2. The Hall–Kier alpha value is -2.96. The molecule has 0 spiro atoms. The van der Waals surface area contributed by atoms with E-state index in [0.29, 0.717) is 6.54 Å². The highest BCUT2D eigenvalue weighted by Gasteiger charge is 2.29. The van der Waals surface area contributed by atoms with Gasteiger partial charge in [0.15, 0.2) is 6.10 Å². The van der Waals surface area contributed by atoms with Crippen LogP contribution in [0.15, 0.2) is 42.6 Å². The second-order valence-electron chi connectivity index (χ2n) is 5.56. The summed E-state index contributed by atoms with van der Waals surface area (Å²) in [6.45, 7) is 2.20. The van der Waals surface area contributed by atoms with Gasteiger partial charge in [0.05, 0.1) is 0 Å². The lowest BCUT2D eigenvalue weighted by atomic mass is 10.0. The molecule has 0 N–H and O–H groups in total. The smallest absolute Gasteiger partial charge is 0.406 e. The summed E-state index contributed by atoms with van der Waals surface area (Å²) < 4.78 is 5.54. The van der Waals surface area contributed by atoms with Crippen LogP contribution in [0, 0.1) is 10.1 Å². The van der Waals surface area contributed by atoms with E-state index >= 15 is 0 Å². The molecular weight excluding hydrogens is 310 g/mol. The van der Waals surface area contributed by atoms with Crippen molar-refractivity contribution in [3.8, 4) is 5.75 Å². The summed E-state index contributed by atoms with van der Waals surface area (Å²) in [7, 11) is 0. The van der Waals surface area contributed by atoms with Gasteiger partial charge in [0.2, 0.25) is 5.75 Å². The SMILES string of the molecule is CC(Oc1cccnc1[N+](=O)[O-])C(=O)N1CCCc2ccccc21. The van der Waals surface area contributed by atoms with Gasteiger partial charge in [-0.3, -0.25) is 4.79 Å². The van der Waals surface area contributed by atoms with Crippen molar-refractivity contribution < 1.29 is 14.5 Å². The maximum Gasteiger partial charge on any atom is 0.406 e. The van der Waals surface area contributed by atoms with E-state index in [1.165, 1.54) is 18.3 Å². The lowest BCUT2D eigenvalue weighted by molar-refractivity contribution is -0.390. The van der Waals surface area contributed by atoms with Crippen molar-refractivity contribution in [2.24, 2.45) is 0 Å². The summed E-state index contributed by atoms with van der Waals surface area (Å²) in [6, 6.07) is 10.7. The van der Waals surface area contributed by atoms with Crippen molar-refractivity contribution in [3.05, 3.63) is 58.3 Å². The first-order valence-electron chi connectivity index (χ1n) is 7.73. The second kappa shape index (κ2) is 6.66. The predicted molar refractivity (Wildman–Crippen MR) is 88.1 cm³/mol. The molecule has 0 saturated carbocycles. The summed E-state index contributed by atoms with van der Waals surface area (Å²) >= 11 is 0. The minimum Gasteiger partial charge on any atom is -0.473 e. The van der Waals surface area contributed by atoms with Gasteiger partial charge in [0.25, 0.3) is 5.91 Å². The van der Waals surface area contributed by atoms with Gasteiger partial charge in [0.1, 0.15) is 6.20 Å². The van der Waals surface area contributed by atoms with Crippen LogP contribution in [-0.4, -0.2) is 28.5 Å². The number of carbonyl (C=O) groups is 1. The van der Waals surface area contributed by atoms with E-state index in [9.17, 15) is 14.9 Å². The number of nitro groups is 1. The predicted octanol–water partition coefficient (Wildman–Crippen LogP) is 2.74. The number of ether oxygens (including phenoxy) is 1. The van der Waals surface area contributed by atoms with Crippen LogP contribution in [0.3, 0.4) is 0 Å². The second-order valence-corrected chi connectivity index (χ2v) is 5.56. The van der Waals surface area contributed by atoms with Crippen LogP contribution in [-0.2, 0) is 11.2 Å². The van der Waals surface area contributed by atoms with Gasteiger partial charge < -0.3 is 19.8 Å². The van der Waals surface area contributed by atoms with Crippen molar-refractivity contribution in [3.63, 3.8) is 0 Å². The van der Waals surface area contributed by atoms with E-state index in [1.54, 1.807) is 11.8 Å². The first-order chi connectivity index (χ1) is 11.6. The van der Waals surface area contributed by atoms with Gasteiger partial charge in [-0.1, -0.05) is 18.2 Å². The molecule has 0 aliphatic carbocycles. The Morgan fingerprint density at radius 1 is 1.33 bits per heavy atom. The first-order valence-corrected chi connectivity index (χ1v) is 7.73. The fourth-order valence-electron chi connectivity index (χ4n) is 2.83. The van der Waals surface area contributed by atoms with Crippen molar-refractivity contribution in [1.82, 2.24) is 4.98 Å². The summed E-state index contributed by atoms with van der Waals surface area (Å²) in [4.78, 5) is 28.5. The summed E-state index contributed by atoms with van der Waals surface area (Å²) in [6.07, 6.45) is 2.28. The highest BCUT2D eigenvalue weighted by molar-refractivity contribution is 5.97. The van der Waals surface area contributed by atoms with E-state index in [1.807, 2.05) is 24.3 Å². The van der Waals surface area contributed by atoms with Crippen LogP contribution in [0.4, 0.5) is 11.5 Å². The fraction of sp³-hybridized carbons (Fsp3) is 0.294. The monoisotopic (exact) mass is 327 g/mol. The average Bonchev–Trinajstić information content (AvgIpc) is 2.61. The molecule has 0 fully saturated rings. The van der Waals surface area contributed by atoms with Gasteiger partial charge in [0, 0.05) is 12.2 Å². The number of pyridine rings is 1. The number of nitrogens with zero attached hydrogens (tertiary/aromatic N) is 3. The van der Waals surface area contributed by atoms with Crippen molar-refractivity contribution in [2.75, 3.05) is 11.4 Å². The van der Waals surface area contributed by atoms with Crippen LogP contribution >= 0.6 is 0 Å². The summed E-state index contributed by atoms with van der Waals surface area (Å²) in [5.41, 5.74) is 2.00. The van der Waals surface area contributed by atoms with Crippen LogP contribution in [0.25, 0.3) is 0 Å². The number of hydrogen-bond donors (Lipinski definition) is 0. The van der Waals surface area contributed by atoms with Crippen LogP contribution < -0.4 is 9.64 Å². The molecule has 7 heteroatoms. The Bertz CT molecular complexity index is 778. The lowest BCUT2D eigenvalue weighted by Gasteiger charge is -2.31. The van der Waals surface area contributed by atoms with Crippen molar-refractivity contribution >= 4 is 17.4 Å². The number of hydrogen-bond acceptors (Lipinski definition) is 5. The Morgan fingerprint density at radius 3 is 2.92 bits per heavy atom. The van der Waals surface area contributed by atoms with E-state index < -0.39 is 16.8 Å². The van der Waals surface area contributed by atoms with Gasteiger partial charge in [-0.2, -0.15) is 0 Å². The number of fused-ring (bicyclic) bond motifs is 1. The molecule has 2 aromatic rings. The molecule has 0 radical (unpaired) electrons. The maximum absolute atomic E-state index is 12.8. The molecule has 24 heavy (non-hydrogen) atoms. The van der Waals surface area contributed by atoms with E-state index in [2.05, 4.69) is 4.98 Å². The number of para-hydroxylation sites is 1. The van der Waals surface area contributed by atoms with E-state index in [-0.39, 0.29) is 11.7 Å². The minimum atomic E-state index is -0.848. The molecule has 1 aromatic heterocycles. The number of aryl methyl sites for hydroxylation is 1. The van der Waals surface area contributed by atoms with Gasteiger partial charge >= 0.3 is 5.82 Å². The number of rotatable bonds is 4. The zero-order valence-electron chi connectivity index (χ0n) is 13.2. The molecule has 1 aromatic carbocycles. The minimum absolute atomic E-state index is 0.00588. The molecule has 0 saturated heterocycles. The number of aromatic nitrogens is 1. The number of carbonyl (C=O) groups excluding carboxylic acids is 1. The largest absolute Gasteiger partial charge is 0.473 e. The normalized spacial score (nSPS) is 14.6. The molecule has 1 atom stereocenters. The molecule has 1 aliphatic heterocycles. The molecule has 2 heterocycles. The molecule has 1 unspecified atom stereocenters. The van der Waals surface area contributed by atoms with E-state index in [0.717, 1.165) is 24.1 Å². The first kappa shape index (κ1) is 15.9. The van der Waals surface area contributed by atoms with Crippen molar-refractivity contribution in [1.29, 1.82) is 0 Å². The van der Waals surface area contributed by atoms with Gasteiger partial charge in [-0.15, -0.1) is 0 Å². The Labute approximate surface area is 139 Å². The number of benzene rings is 1. The third kappa shape index (κ3) is 3.05. The molecule has 124 valence electrons. The third-order valence-electron chi connectivity index (χ3n) is 3.95. The fourth-order valence-corrected chi connectivity index (χ4v) is 2.83. The summed E-state index contributed by atoms with van der Waals surface area (Å²) in [5.74, 6) is -0.620. The Morgan fingerprint density at radius 2 is 2.12 bits per heavy atom.